The molecule has 4 heteroatoms. The minimum absolute atomic E-state index is 0.261. The molecule has 1 aliphatic heterocycles. The Kier molecular flexibility index (Phi) is 3.62. The van der Waals surface area contributed by atoms with Crippen molar-refractivity contribution in [3.63, 3.8) is 0 Å². The number of nitrogens with two attached hydrogens (primary N) is 1. The van der Waals surface area contributed by atoms with Crippen LogP contribution in [0.4, 0.5) is 0 Å². The van der Waals surface area contributed by atoms with E-state index in [1.54, 1.807) is 0 Å². The largest absolute Gasteiger partial charge is 0.486 e. The van der Waals surface area contributed by atoms with Gasteiger partial charge in [-0.2, -0.15) is 0 Å². The van der Waals surface area contributed by atoms with Gasteiger partial charge in [0, 0.05) is 19.1 Å². The second-order valence-corrected chi connectivity index (χ2v) is 5.54. The minimum Gasteiger partial charge on any atom is -0.486 e. The van der Waals surface area contributed by atoms with E-state index in [9.17, 15) is 0 Å². The summed E-state index contributed by atoms with van der Waals surface area (Å²) in [5.74, 6) is 2.56. The fraction of sp³-hybridized carbons (Fsp3) is 0.600. The topological polar surface area (TPSA) is 47.7 Å². The van der Waals surface area contributed by atoms with Gasteiger partial charge in [0.2, 0.25) is 0 Å². The standard InChI is InChI=1S/C15H22N2O2/c1-17(10-11-2-3-11)13(9-16)12-4-5-14-15(8-12)19-7-6-18-14/h4-5,8,11,13H,2-3,6-7,9-10,16H2,1H3. The van der Waals surface area contributed by atoms with Crippen molar-refractivity contribution >= 4 is 0 Å². The Morgan fingerprint density at radius 1 is 1.26 bits per heavy atom. The lowest BCUT2D eigenvalue weighted by Crippen LogP contribution is -2.32. The van der Waals surface area contributed by atoms with Gasteiger partial charge in [-0.05, 0) is 43.5 Å². The molecule has 1 atom stereocenters. The van der Waals surface area contributed by atoms with Gasteiger partial charge in [0.05, 0.1) is 0 Å². The number of rotatable bonds is 5. The van der Waals surface area contributed by atoms with Gasteiger partial charge in [-0.1, -0.05) is 6.07 Å². The fourth-order valence-electron chi connectivity index (χ4n) is 2.67. The molecule has 1 heterocycles. The number of nitrogens with zero attached hydrogens (tertiary/aromatic N) is 1. The summed E-state index contributed by atoms with van der Waals surface area (Å²) in [7, 11) is 2.16. The van der Waals surface area contributed by atoms with Crippen LogP contribution in [-0.2, 0) is 0 Å². The highest BCUT2D eigenvalue weighted by Gasteiger charge is 2.26. The Balaban J connectivity index is 1.77. The van der Waals surface area contributed by atoms with Crippen molar-refractivity contribution in [3.8, 4) is 11.5 Å². The molecule has 1 unspecified atom stereocenters. The number of ether oxygens (including phenoxy) is 2. The Morgan fingerprint density at radius 2 is 2.00 bits per heavy atom. The lowest BCUT2D eigenvalue weighted by Gasteiger charge is -2.28. The third-order valence-corrected chi connectivity index (χ3v) is 3.95. The van der Waals surface area contributed by atoms with E-state index in [1.807, 2.05) is 6.07 Å². The normalized spacial score (nSPS) is 19.5. The molecule has 2 aliphatic rings. The van der Waals surface area contributed by atoms with E-state index >= 15 is 0 Å². The zero-order chi connectivity index (χ0) is 13.2. The molecule has 0 amide bonds. The molecule has 0 spiro atoms. The van der Waals surface area contributed by atoms with Gasteiger partial charge in [-0.3, -0.25) is 4.90 Å². The van der Waals surface area contributed by atoms with Crippen molar-refractivity contribution in [1.29, 1.82) is 0 Å². The summed E-state index contributed by atoms with van der Waals surface area (Å²) in [6.07, 6.45) is 2.73. The maximum atomic E-state index is 5.96. The average Bonchev–Trinajstić information content (AvgIpc) is 3.23. The van der Waals surface area contributed by atoms with Gasteiger partial charge in [-0.15, -0.1) is 0 Å². The van der Waals surface area contributed by atoms with Gasteiger partial charge < -0.3 is 15.2 Å². The molecule has 0 saturated heterocycles. The Hall–Kier alpha value is -1.26. The third-order valence-electron chi connectivity index (χ3n) is 3.95. The highest BCUT2D eigenvalue weighted by atomic mass is 16.6. The zero-order valence-electron chi connectivity index (χ0n) is 11.5. The molecular weight excluding hydrogens is 240 g/mol. The molecule has 1 fully saturated rings. The van der Waals surface area contributed by atoms with Crippen LogP contribution >= 0.6 is 0 Å². The summed E-state index contributed by atoms with van der Waals surface area (Å²) >= 11 is 0. The van der Waals surface area contributed by atoms with Gasteiger partial charge in [0.1, 0.15) is 13.2 Å². The van der Waals surface area contributed by atoms with Crippen molar-refractivity contribution in [2.45, 2.75) is 18.9 Å². The van der Waals surface area contributed by atoms with E-state index in [0.717, 1.165) is 24.0 Å². The van der Waals surface area contributed by atoms with Crippen molar-refractivity contribution in [2.24, 2.45) is 11.7 Å². The van der Waals surface area contributed by atoms with E-state index in [0.29, 0.717) is 19.8 Å². The van der Waals surface area contributed by atoms with Crippen LogP contribution in [0.2, 0.25) is 0 Å². The number of benzene rings is 1. The fourth-order valence-corrected chi connectivity index (χ4v) is 2.67. The van der Waals surface area contributed by atoms with E-state index < -0.39 is 0 Å². The maximum absolute atomic E-state index is 5.96. The van der Waals surface area contributed by atoms with Crippen LogP contribution in [0.5, 0.6) is 11.5 Å². The van der Waals surface area contributed by atoms with Crippen molar-refractivity contribution < 1.29 is 9.47 Å². The van der Waals surface area contributed by atoms with Crippen LogP contribution in [0.15, 0.2) is 18.2 Å². The molecule has 1 aliphatic carbocycles. The highest BCUT2D eigenvalue weighted by Crippen LogP contribution is 2.35. The lowest BCUT2D eigenvalue weighted by molar-refractivity contribution is 0.170. The first-order chi connectivity index (χ1) is 9.28. The van der Waals surface area contributed by atoms with Crippen LogP contribution < -0.4 is 15.2 Å². The molecule has 104 valence electrons. The number of fused-ring (bicyclic) bond motifs is 1. The number of hydrogen-bond acceptors (Lipinski definition) is 4. The second kappa shape index (κ2) is 5.39. The average molecular weight is 262 g/mol. The summed E-state index contributed by atoms with van der Waals surface area (Å²) in [5.41, 5.74) is 7.18. The van der Waals surface area contributed by atoms with Crippen molar-refractivity contribution in [1.82, 2.24) is 4.90 Å². The molecule has 1 aromatic carbocycles. The zero-order valence-corrected chi connectivity index (χ0v) is 11.5. The molecule has 1 aromatic rings. The van der Waals surface area contributed by atoms with Crippen LogP contribution in [0.25, 0.3) is 0 Å². The predicted molar refractivity (Wildman–Crippen MR) is 74.6 cm³/mol. The Bertz CT molecular complexity index is 446. The molecule has 2 N–H and O–H groups in total. The first-order valence-corrected chi connectivity index (χ1v) is 7.08. The number of hydrogen-bond donors (Lipinski definition) is 1. The van der Waals surface area contributed by atoms with Crippen LogP contribution in [0, 0.1) is 5.92 Å². The summed E-state index contributed by atoms with van der Waals surface area (Å²) < 4.78 is 11.2. The van der Waals surface area contributed by atoms with E-state index in [1.165, 1.54) is 18.4 Å². The smallest absolute Gasteiger partial charge is 0.161 e. The quantitative estimate of drug-likeness (QED) is 0.879. The summed E-state index contributed by atoms with van der Waals surface area (Å²) in [6, 6.07) is 6.44. The molecule has 19 heavy (non-hydrogen) atoms. The van der Waals surface area contributed by atoms with Crippen LogP contribution in [0.1, 0.15) is 24.4 Å². The number of likely N-dealkylation sites (N-methyl/N-ethyl adjacent to an activating group) is 1. The molecule has 1 saturated carbocycles. The van der Waals surface area contributed by atoms with E-state index in [4.69, 9.17) is 15.2 Å². The van der Waals surface area contributed by atoms with Crippen molar-refractivity contribution in [2.75, 3.05) is 33.4 Å². The first kappa shape index (κ1) is 12.8. The summed E-state index contributed by atoms with van der Waals surface area (Å²) in [4.78, 5) is 2.36. The molecule has 0 aromatic heterocycles. The molecule has 0 bridgehead atoms. The molecular formula is C15H22N2O2. The lowest BCUT2D eigenvalue weighted by atomic mass is 10.0. The molecule has 4 nitrogen and oxygen atoms in total. The molecule has 3 rings (SSSR count). The van der Waals surface area contributed by atoms with Gasteiger partial charge >= 0.3 is 0 Å². The monoisotopic (exact) mass is 262 g/mol. The summed E-state index contributed by atoms with van der Waals surface area (Å²) in [5, 5.41) is 0. The highest BCUT2D eigenvalue weighted by molar-refractivity contribution is 5.44. The van der Waals surface area contributed by atoms with E-state index in [2.05, 4.69) is 24.1 Å². The maximum Gasteiger partial charge on any atom is 0.161 e. The minimum atomic E-state index is 0.261. The van der Waals surface area contributed by atoms with E-state index in [-0.39, 0.29) is 6.04 Å². The Morgan fingerprint density at radius 3 is 2.68 bits per heavy atom. The second-order valence-electron chi connectivity index (χ2n) is 5.54. The SMILES string of the molecule is CN(CC1CC1)C(CN)c1ccc2c(c1)OCCO2. The third kappa shape index (κ3) is 2.85. The van der Waals surface area contributed by atoms with Gasteiger partial charge in [0.25, 0.3) is 0 Å². The Labute approximate surface area is 114 Å². The molecule has 0 radical (unpaired) electrons. The van der Waals surface area contributed by atoms with Crippen LogP contribution in [-0.4, -0.2) is 38.3 Å². The first-order valence-electron chi connectivity index (χ1n) is 7.08. The summed E-state index contributed by atoms with van der Waals surface area (Å²) in [6.45, 7) is 3.02. The van der Waals surface area contributed by atoms with Gasteiger partial charge in [-0.25, -0.2) is 0 Å². The van der Waals surface area contributed by atoms with Crippen molar-refractivity contribution in [3.05, 3.63) is 23.8 Å². The van der Waals surface area contributed by atoms with Crippen LogP contribution in [0.3, 0.4) is 0 Å². The van der Waals surface area contributed by atoms with Gasteiger partial charge in [0.15, 0.2) is 11.5 Å². The predicted octanol–water partition coefficient (Wildman–Crippen LogP) is 1.80.